The minimum atomic E-state index is -0.374. The lowest BCUT2D eigenvalue weighted by Gasteiger charge is -2.40. The summed E-state index contributed by atoms with van der Waals surface area (Å²) in [4.78, 5) is 30.2. The van der Waals surface area contributed by atoms with Gasteiger partial charge in [0.25, 0.3) is 0 Å². The molecule has 23 heavy (non-hydrogen) atoms. The molecule has 1 aromatic heterocycles. The van der Waals surface area contributed by atoms with Crippen LogP contribution in [0.1, 0.15) is 12.8 Å². The molecule has 0 spiro atoms. The van der Waals surface area contributed by atoms with Gasteiger partial charge in [0, 0.05) is 19.3 Å². The van der Waals surface area contributed by atoms with Crippen LogP contribution in [-0.2, 0) is 14.3 Å². The molecule has 2 aliphatic heterocycles. The number of hydrogen-bond acceptors (Lipinski definition) is 6. The van der Waals surface area contributed by atoms with E-state index in [2.05, 4.69) is 25.8 Å². The molecule has 2 saturated heterocycles. The molecular weight excluding hydrogens is 298 g/mol. The quantitative estimate of drug-likeness (QED) is 0.693. The van der Waals surface area contributed by atoms with E-state index in [9.17, 15) is 9.59 Å². The second-order valence-electron chi connectivity index (χ2n) is 5.65. The number of hydrogen-bond donors (Lipinski definition) is 3. The maximum atomic E-state index is 12.1. The fourth-order valence-corrected chi connectivity index (χ4v) is 2.83. The van der Waals surface area contributed by atoms with E-state index in [-0.39, 0.29) is 30.6 Å². The molecule has 0 aliphatic carbocycles. The molecule has 2 unspecified atom stereocenters. The van der Waals surface area contributed by atoms with Crippen molar-refractivity contribution < 1.29 is 14.3 Å². The number of carbonyl (C=O) groups is 2. The van der Waals surface area contributed by atoms with E-state index >= 15 is 0 Å². The van der Waals surface area contributed by atoms with Crippen molar-refractivity contribution >= 4 is 17.5 Å². The Labute approximate surface area is 134 Å². The SMILES string of the molecule is O=C(CC1NC(=O)CC(N2CCOCC2)N1)Nc1cccnc1. The summed E-state index contributed by atoms with van der Waals surface area (Å²) in [6.07, 6.45) is 3.36. The molecule has 8 nitrogen and oxygen atoms in total. The number of nitrogens with zero attached hydrogens (tertiary/aromatic N) is 2. The number of amides is 2. The van der Waals surface area contributed by atoms with Crippen molar-refractivity contribution in [3.8, 4) is 0 Å². The van der Waals surface area contributed by atoms with Crippen molar-refractivity contribution in [2.75, 3.05) is 31.6 Å². The minimum absolute atomic E-state index is 0.0422. The van der Waals surface area contributed by atoms with Crippen LogP contribution in [0.4, 0.5) is 5.69 Å². The third kappa shape index (κ3) is 4.47. The zero-order valence-corrected chi connectivity index (χ0v) is 12.8. The maximum absolute atomic E-state index is 12.1. The normalized spacial score (nSPS) is 25.7. The Bertz CT molecular complexity index is 547. The summed E-state index contributed by atoms with van der Waals surface area (Å²) >= 11 is 0. The van der Waals surface area contributed by atoms with E-state index in [0.717, 1.165) is 13.1 Å². The van der Waals surface area contributed by atoms with Crippen LogP contribution in [0.3, 0.4) is 0 Å². The predicted molar refractivity (Wildman–Crippen MR) is 83.3 cm³/mol. The van der Waals surface area contributed by atoms with Crippen molar-refractivity contribution in [1.29, 1.82) is 0 Å². The standard InChI is InChI=1S/C15H21N5O3/c21-14(17-11-2-1-3-16-10-11)8-12-18-13(9-15(22)19-12)20-4-6-23-7-5-20/h1-3,10,12-13,18H,4-9H2,(H,17,21)(H,19,22). The number of morpholine rings is 1. The Morgan fingerprint density at radius 2 is 2.26 bits per heavy atom. The fraction of sp³-hybridized carbons (Fsp3) is 0.533. The van der Waals surface area contributed by atoms with Gasteiger partial charge < -0.3 is 15.4 Å². The number of ether oxygens (including phenoxy) is 1. The first-order valence-electron chi connectivity index (χ1n) is 7.78. The lowest BCUT2D eigenvalue weighted by atomic mass is 10.1. The van der Waals surface area contributed by atoms with Crippen molar-refractivity contribution in [3.05, 3.63) is 24.5 Å². The lowest BCUT2D eigenvalue weighted by Crippen LogP contribution is -2.63. The topological polar surface area (TPSA) is 95.6 Å². The molecule has 3 N–H and O–H groups in total. The summed E-state index contributed by atoms with van der Waals surface area (Å²) in [7, 11) is 0. The summed E-state index contributed by atoms with van der Waals surface area (Å²) in [5.74, 6) is -0.210. The second-order valence-corrected chi connectivity index (χ2v) is 5.65. The molecule has 2 aliphatic rings. The monoisotopic (exact) mass is 319 g/mol. The summed E-state index contributed by atoms with van der Waals surface area (Å²) in [6, 6.07) is 3.53. The first-order valence-corrected chi connectivity index (χ1v) is 7.78. The van der Waals surface area contributed by atoms with E-state index < -0.39 is 0 Å². The van der Waals surface area contributed by atoms with Crippen LogP contribution in [0.2, 0.25) is 0 Å². The highest BCUT2D eigenvalue weighted by Gasteiger charge is 2.31. The predicted octanol–water partition coefficient (Wildman–Crippen LogP) is -0.496. The highest BCUT2D eigenvalue weighted by atomic mass is 16.5. The molecule has 3 rings (SSSR count). The summed E-state index contributed by atoms with van der Waals surface area (Å²) < 4.78 is 5.34. The number of pyridine rings is 1. The van der Waals surface area contributed by atoms with Crippen LogP contribution >= 0.6 is 0 Å². The molecule has 1 aromatic rings. The van der Waals surface area contributed by atoms with Gasteiger partial charge in [-0.05, 0) is 12.1 Å². The van der Waals surface area contributed by atoms with Crippen LogP contribution in [-0.4, -0.2) is 60.3 Å². The molecule has 0 saturated carbocycles. The van der Waals surface area contributed by atoms with E-state index in [1.165, 1.54) is 0 Å². The van der Waals surface area contributed by atoms with Gasteiger partial charge in [-0.1, -0.05) is 0 Å². The molecule has 8 heteroatoms. The molecule has 0 radical (unpaired) electrons. The van der Waals surface area contributed by atoms with Gasteiger partial charge in [-0.3, -0.25) is 24.8 Å². The van der Waals surface area contributed by atoms with E-state index in [0.29, 0.717) is 25.3 Å². The lowest BCUT2D eigenvalue weighted by molar-refractivity contribution is -0.128. The summed E-state index contributed by atoms with van der Waals surface area (Å²) in [6.45, 7) is 2.93. The number of anilines is 1. The highest BCUT2D eigenvalue weighted by molar-refractivity contribution is 5.91. The Morgan fingerprint density at radius 1 is 1.43 bits per heavy atom. The van der Waals surface area contributed by atoms with Crippen LogP contribution in [0, 0.1) is 0 Å². The number of carbonyl (C=O) groups excluding carboxylic acids is 2. The van der Waals surface area contributed by atoms with Crippen molar-refractivity contribution in [3.63, 3.8) is 0 Å². The second kappa shape index (κ2) is 7.49. The van der Waals surface area contributed by atoms with Gasteiger partial charge in [0.05, 0.1) is 50.3 Å². The van der Waals surface area contributed by atoms with Crippen LogP contribution in [0.15, 0.2) is 24.5 Å². The van der Waals surface area contributed by atoms with E-state index in [1.807, 2.05) is 0 Å². The third-order valence-corrected chi connectivity index (χ3v) is 3.93. The van der Waals surface area contributed by atoms with Gasteiger partial charge in [0.2, 0.25) is 11.8 Å². The smallest absolute Gasteiger partial charge is 0.227 e. The number of nitrogens with one attached hydrogen (secondary N) is 3. The Morgan fingerprint density at radius 3 is 3.00 bits per heavy atom. The van der Waals surface area contributed by atoms with Crippen LogP contribution in [0.25, 0.3) is 0 Å². The number of aromatic nitrogens is 1. The molecular formula is C15H21N5O3. The molecule has 2 amide bonds. The van der Waals surface area contributed by atoms with Crippen molar-refractivity contribution in [2.24, 2.45) is 0 Å². The largest absolute Gasteiger partial charge is 0.379 e. The molecule has 0 aromatic carbocycles. The van der Waals surface area contributed by atoms with Crippen LogP contribution < -0.4 is 16.0 Å². The minimum Gasteiger partial charge on any atom is -0.379 e. The first kappa shape index (κ1) is 15.9. The third-order valence-electron chi connectivity index (χ3n) is 3.93. The molecule has 2 fully saturated rings. The number of rotatable bonds is 4. The zero-order chi connectivity index (χ0) is 16.1. The Hall–Kier alpha value is -2.03. The van der Waals surface area contributed by atoms with Gasteiger partial charge in [-0.2, -0.15) is 0 Å². The van der Waals surface area contributed by atoms with Crippen molar-refractivity contribution in [2.45, 2.75) is 25.2 Å². The van der Waals surface area contributed by atoms with Crippen LogP contribution in [0.5, 0.6) is 0 Å². The maximum Gasteiger partial charge on any atom is 0.227 e. The molecule has 124 valence electrons. The van der Waals surface area contributed by atoms with E-state index in [1.54, 1.807) is 24.5 Å². The molecule has 0 bridgehead atoms. The van der Waals surface area contributed by atoms with Gasteiger partial charge in [0.1, 0.15) is 0 Å². The molecule has 3 heterocycles. The van der Waals surface area contributed by atoms with Gasteiger partial charge in [-0.15, -0.1) is 0 Å². The summed E-state index contributed by atoms with van der Waals surface area (Å²) in [5, 5.41) is 8.92. The van der Waals surface area contributed by atoms with Crippen molar-refractivity contribution in [1.82, 2.24) is 20.5 Å². The Balaban J connectivity index is 1.54. The average Bonchev–Trinajstić information content (AvgIpc) is 2.56. The van der Waals surface area contributed by atoms with Gasteiger partial charge in [0.15, 0.2) is 0 Å². The molecule has 2 atom stereocenters. The first-order chi connectivity index (χ1) is 11.2. The van der Waals surface area contributed by atoms with Gasteiger partial charge >= 0.3 is 0 Å². The average molecular weight is 319 g/mol. The van der Waals surface area contributed by atoms with Gasteiger partial charge in [-0.25, -0.2) is 0 Å². The van der Waals surface area contributed by atoms with E-state index in [4.69, 9.17) is 4.74 Å². The zero-order valence-electron chi connectivity index (χ0n) is 12.8. The fourth-order valence-electron chi connectivity index (χ4n) is 2.83. The Kier molecular flexibility index (Phi) is 5.16. The highest BCUT2D eigenvalue weighted by Crippen LogP contribution is 2.11. The summed E-state index contributed by atoms with van der Waals surface area (Å²) in [5.41, 5.74) is 0.643.